The van der Waals surface area contributed by atoms with E-state index in [0.717, 1.165) is 6.08 Å². The molecule has 26 heavy (non-hydrogen) atoms. The van der Waals surface area contributed by atoms with Gasteiger partial charge >= 0.3 is 6.18 Å². The molecule has 0 saturated carbocycles. The van der Waals surface area contributed by atoms with Crippen LogP contribution in [0.25, 0.3) is 0 Å². The molecule has 0 fully saturated rings. The van der Waals surface area contributed by atoms with E-state index < -0.39 is 38.6 Å². The highest BCUT2D eigenvalue weighted by molar-refractivity contribution is 7.93. The number of hydrogen-bond donors (Lipinski definition) is 2. The van der Waals surface area contributed by atoms with Crippen LogP contribution < -0.4 is 10.5 Å². The Labute approximate surface area is 150 Å². The van der Waals surface area contributed by atoms with Gasteiger partial charge < -0.3 is 5.73 Å². The second kappa shape index (κ2) is 8.81. The third-order valence-electron chi connectivity index (χ3n) is 3.34. The number of benzene rings is 1. The second-order valence-corrected chi connectivity index (χ2v) is 6.96. The van der Waals surface area contributed by atoms with E-state index in [4.69, 9.17) is 5.73 Å². The van der Waals surface area contributed by atoms with Crippen molar-refractivity contribution >= 4 is 15.9 Å². The summed E-state index contributed by atoms with van der Waals surface area (Å²) < 4.78 is 65.9. The largest absolute Gasteiger partial charge is 0.416 e. The zero-order valence-corrected chi connectivity index (χ0v) is 14.8. The maximum absolute atomic E-state index is 12.9. The number of nitrogens with two attached hydrogens (primary N) is 1. The second-order valence-electron chi connectivity index (χ2n) is 5.25. The SMILES string of the molecule is C=CC(=C/C(=C\C)S(=O)(=O)NC(CC(N)=O)c1ccccc1)C(F)(F)F. The fraction of sp³-hybridized carbons (Fsp3) is 0.235. The zero-order chi connectivity index (χ0) is 20.0. The van der Waals surface area contributed by atoms with Crippen LogP contribution >= 0.6 is 0 Å². The number of alkyl halides is 3. The molecule has 0 spiro atoms. The minimum absolute atomic E-state index is 0.350. The topological polar surface area (TPSA) is 89.3 Å². The maximum atomic E-state index is 12.9. The minimum Gasteiger partial charge on any atom is -0.370 e. The lowest BCUT2D eigenvalue weighted by Gasteiger charge is -2.19. The fourth-order valence-electron chi connectivity index (χ4n) is 2.10. The van der Waals surface area contributed by atoms with Crippen LogP contribution in [0.4, 0.5) is 13.2 Å². The van der Waals surface area contributed by atoms with Crippen LogP contribution in [0.2, 0.25) is 0 Å². The molecule has 0 aliphatic heterocycles. The number of amides is 1. The first-order valence-electron chi connectivity index (χ1n) is 7.44. The van der Waals surface area contributed by atoms with Gasteiger partial charge in [0.2, 0.25) is 15.9 Å². The summed E-state index contributed by atoms with van der Waals surface area (Å²) in [5.41, 5.74) is 4.40. The van der Waals surface area contributed by atoms with Gasteiger partial charge in [0.25, 0.3) is 0 Å². The molecule has 0 heterocycles. The summed E-state index contributed by atoms with van der Waals surface area (Å²) in [5, 5.41) is 0. The number of primary amides is 1. The van der Waals surface area contributed by atoms with E-state index in [2.05, 4.69) is 11.3 Å². The lowest BCUT2D eigenvalue weighted by Crippen LogP contribution is -2.32. The van der Waals surface area contributed by atoms with Crippen LogP contribution in [0.3, 0.4) is 0 Å². The first-order chi connectivity index (χ1) is 12.0. The molecular formula is C17H19F3N2O3S. The summed E-state index contributed by atoms with van der Waals surface area (Å²) in [6.45, 7) is 4.34. The Hall–Kier alpha value is -2.39. The molecule has 1 atom stereocenters. The van der Waals surface area contributed by atoms with Gasteiger partial charge in [-0.15, -0.1) is 0 Å². The van der Waals surface area contributed by atoms with Gasteiger partial charge in [0.15, 0.2) is 0 Å². The minimum atomic E-state index is -4.75. The molecule has 1 aromatic rings. The van der Waals surface area contributed by atoms with Crippen molar-refractivity contribution in [3.63, 3.8) is 0 Å². The number of halogens is 3. The third-order valence-corrected chi connectivity index (χ3v) is 4.91. The van der Waals surface area contributed by atoms with Gasteiger partial charge in [0.05, 0.1) is 16.5 Å². The number of carbonyl (C=O) groups excluding carboxylic acids is 1. The molecule has 142 valence electrons. The number of carbonyl (C=O) groups is 1. The van der Waals surface area contributed by atoms with Crippen molar-refractivity contribution in [1.82, 2.24) is 4.72 Å². The quantitative estimate of drug-likeness (QED) is 0.671. The predicted octanol–water partition coefficient (Wildman–Crippen LogP) is 3.10. The van der Waals surface area contributed by atoms with Gasteiger partial charge in [0.1, 0.15) is 0 Å². The molecule has 1 aromatic carbocycles. The number of nitrogens with one attached hydrogen (secondary N) is 1. The molecule has 1 unspecified atom stereocenters. The zero-order valence-electron chi connectivity index (χ0n) is 14.0. The van der Waals surface area contributed by atoms with Gasteiger partial charge in [-0.2, -0.15) is 13.2 Å². The Morgan fingerprint density at radius 2 is 1.88 bits per heavy atom. The molecule has 5 nitrogen and oxygen atoms in total. The summed E-state index contributed by atoms with van der Waals surface area (Å²) in [4.78, 5) is 10.7. The number of allylic oxidation sites excluding steroid dienone is 4. The molecule has 0 aromatic heterocycles. The van der Waals surface area contributed by atoms with Crippen molar-refractivity contribution in [2.75, 3.05) is 0 Å². The van der Waals surface area contributed by atoms with Crippen LogP contribution in [-0.4, -0.2) is 20.5 Å². The summed E-state index contributed by atoms with van der Waals surface area (Å²) in [6, 6.07) is 7.10. The average molecular weight is 388 g/mol. The summed E-state index contributed by atoms with van der Waals surface area (Å²) in [5.74, 6) is -0.763. The predicted molar refractivity (Wildman–Crippen MR) is 93.1 cm³/mol. The maximum Gasteiger partial charge on any atom is 0.416 e. The summed E-state index contributed by atoms with van der Waals surface area (Å²) in [6.07, 6.45) is -3.09. The fourth-order valence-corrected chi connectivity index (χ4v) is 3.42. The standard InChI is InChI=1S/C17H19F3N2O3S/c1-3-13(17(18,19)20)10-14(4-2)26(24,25)22-15(11-16(21)23)12-8-6-5-7-9-12/h3-10,15,22H,1,11H2,2H3,(H2,21,23)/b13-10?,14-4+. The van der Waals surface area contributed by atoms with Gasteiger partial charge in [-0.25, -0.2) is 13.1 Å². The Morgan fingerprint density at radius 3 is 2.31 bits per heavy atom. The third kappa shape index (κ3) is 6.16. The Balaban J connectivity index is 3.26. The van der Waals surface area contributed by atoms with Crippen molar-refractivity contribution in [2.45, 2.75) is 25.6 Å². The highest BCUT2D eigenvalue weighted by Crippen LogP contribution is 2.29. The van der Waals surface area contributed by atoms with Gasteiger partial charge in [0, 0.05) is 6.42 Å². The van der Waals surface area contributed by atoms with Crippen LogP contribution in [0.5, 0.6) is 0 Å². The van der Waals surface area contributed by atoms with Gasteiger partial charge in [-0.3, -0.25) is 4.79 Å². The first kappa shape index (κ1) is 21.7. The normalized spacial score (nSPS) is 14.8. The van der Waals surface area contributed by atoms with E-state index in [9.17, 15) is 26.4 Å². The van der Waals surface area contributed by atoms with Crippen LogP contribution in [0, 0.1) is 0 Å². The van der Waals surface area contributed by atoms with E-state index in [-0.39, 0.29) is 6.42 Å². The first-order valence-corrected chi connectivity index (χ1v) is 8.92. The van der Waals surface area contributed by atoms with Gasteiger partial charge in [-0.05, 0) is 18.6 Å². The van der Waals surface area contributed by atoms with E-state index in [0.29, 0.717) is 17.7 Å². The highest BCUT2D eigenvalue weighted by Gasteiger charge is 2.33. The summed E-state index contributed by atoms with van der Waals surface area (Å²) in [7, 11) is -4.35. The van der Waals surface area contributed by atoms with Crippen molar-refractivity contribution < 1.29 is 26.4 Å². The molecule has 0 aliphatic carbocycles. The van der Waals surface area contributed by atoms with Crippen molar-refractivity contribution in [1.29, 1.82) is 0 Å². The monoisotopic (exact) mass is 388 g/mol. The molecule has 1 rings (SSSR count). The van der Waals surface area contributed by atoms with Crippen LogP contribution in [0.15, 0.2) is 65.6 Å². The lowest BCUT2D eigenvalue weighted by atomic mass is 10.1. The van der Waals surface area contributed by atoms with Crippen molar-refractivity contribution in [3.8, 4) is 0 Å². The molecule has 0 radical (unpaired) electrons. The van der Waals surface area contributed by atoms with Crippen LogP contribution in [-0.2, 0) is 14.8 Å². The molecule has 9 heteroatoms. The molecular weight excluding hydrogens is 369 g/mol. The van der Waals surface area contributed by atoms with E-state index in [1.165, 1.54) is 6.92 Å². The average Bonchev–Trinajstić information content (AvgIpc) is 2.53. The Bertz CT molecular complexity index is 813. The van der Waals surface area contributed by atoms with Crippen molar-refractivity contribution in [3.05, 3.63) is 71.2 Å². The molecule has 1 amide bonds. The highest BCUT2D eigenvalue weighted by atomic mass is 32.2. The Kier molecular flexibility index (Phi) is 7.34. The van der Waals surface area contributed by atoms with Gasteiger partial charge in [-0.1, -0.05) is 49.1 Å². The Morgan fingerprint density at radius 1 is 1.31 bits per heavy atom. The summed E-state index contributed by atoms with van der Waals surface area (Å²) >= 11 is 0. The van der Waals surface area contributed by atoms with E-state index in [1.54, 1.807) is 30.3 Å². The smallest absolute Gasteiger partial charge is 0.370 e. The van der Waals surface area contributed by atoms with Crippen molar-refractivity contribution in [2.24, 2.45) is 5.73 Å². The molecule has 0 saturated heterocycles. The lowest BCUT2D eigenvalue weighted by molar-refractivity contribution is -0.118. The van der Waals surface area contributed by atoms with E-state index in [1.807, 2.05) is 0 Å². The number of hydrogen-bond acceptors (Lipinski definition) is 3. The molecule has 0 aliphatic rings. The molecule has 3 N–H and O–H groups in total. The van der Waals surface area contributed by atoms with Crippen LogP contribution in [0.1, 0.15) is 24.9 Å². The van der Waals surface area contributed by atoms with E-state index >= 15 is 0 Å². The number of sulfonamides is 1. The molecule has 0 bridgehead atoms. The number of rotatable bonds is 8.